The molecule has 0 aliphatic rings. The average molecular weight is 294 g/mol. The van der Waals surface area contributed by atoms with Crippen LogP contribution in [-0.2, 0) is 4.74 Å². The molecule has 0 aliphatic heterocycles. The van der Waals surface area contributed by atoms with Crippen LogP contribution in [0.2, 0.25) is 0 Å². The van der Waals surface area contributed by atoms with E-state index in [4.69, 9.17) is 4.74 Å². The third kappa shape index (κ3) is 6.21. The van der Waals surface area contributed by atoms with Gasteiger partial charge in [0, 0.05) is 31.6 Å². The molecule has 0 atom stereocenters. The molecule has 0 N–H and O–H groups in total. The lowest BCUT2D eigenvalue weighted by atomic mass is 10.0. The molecule has 0 aromatic carbocycles. The lowest BCUT2D eigenvalue weighted by Crippen LogP contribution is -2.39. The molecule has 0 aromatic rings. The van der Waals surface area contributed by atoms with E-state index in [0.717, 1.165) is 24.8 Å². The molecule has 98 valence electrons. The van der Waals surface area contributed by atoms with Crippen LogP contribution >= 0.6 is 15.9 Å². The fourth-order valence-electron chi connectivity index (χ4n) is 1.91. The summed E-state index contributed by atoms with van der Waals surface area (Å²) < 4.78 is 5.47. The van der Waals surface area contributed by atoms with Crippen LogP contribution in [0.1, 0.15) is 47.0 Å². The second-order valence-corrected chi connectivity index (χ2v) is 5.70. The summed E-state index contributed by atoms with van der Waals surface area (Å²) in [5.74, 6) is 0. The molecule has 0 unspecified atom stereocenters. The molecular formula is C13H28BrNO. The van der Waals surface area contributed by atoms with E-state index in [1.54, 1.807) is 7.11 Å². The second-order valence-electron chi connectivity index (χ2n) is 4.91. The fourth-order valence-corrected chi connectivity index (χ4v) is 2.36. The lowest BCUT2D eigenvalue weighted by molar-refractivity contribution is 0.00412. The Morgan fingerprint density at radius 3 is 2.12 bits per heavy atom. The topological polar surface area (TPSA) is 12.5 Å². The minimum Gasteiger partial charge on any atom is -0.379 e. The first-order valence-corrected chi connectivity index (χ1v) is 7.48. The summed E-state index contributed by atoms with van der Waals surface area (Å²) in [5, 5.41) is 1.05. The van der Waals surface area contributed by atoms with Gasteiger partial charge in [-0.25, -0.2) is 0 Å². The van der Waals surface area contributed by atoms with E-state index in [2.05, 4.69) is 48.5 Å². The van der Waals surface area contributed by atoms with Crippen molar-refractivity contribution in [1.82, 2.24) is 4.90 Å². The van der Waals surface area contributed by atoms with Crippen LogP contribution in [0.5, 0.6) is 0 Å². The van der Waals surface area contributed by atoms with E-state index in [-0.39, 0.29) is 5.60 Å². The standard InChI is InChI=1S/C13H28BrNO/c1-6-12(7-2)15(11-9-14)10-8-13(3,4)16-5/h12H,6-11H2,1-5H3. The summed E-state index contributed by atoms with van der Waals surface area (Å²) in [6.45, 7) is 11.1. The van der Waals surface area contributed by atoms with Gasteiger partial charge in [-0.3, -0.25) is 4.90 Å². The fraction of sp³-hybridized carbons (Fsp3) is 1.00. The minimum atomic E-state index is -0.00338. The van der Waals surface area contributed by atoms with Gasteiger partial charge in [-0.05, 0) is 33.1 Å². The Balaban J connectivity index is 4.22. The number of halogens is 1. The quantitative estimate of drug-likeness (QED) is 0.601. The Morgan fingerprint density at radius 2 is 1.75 bits per heavy atom. The van der Waals surface area contributed by atoms with Crippen molar-refractivity contribution in [3.8, 4) is 0 Å². The zero-order valence-electron chi connectivity index (χ0n) is 11.6. The summed E-state index contributed by atoms with van der Waals surface area (Å²) in [5.41, 5.74) is -0.00338. The summed E-state index contributed by atoms with van der Waals surface area (Å²) in [6, 6.07) is 0.713. The predicted molar refractivity (Wildman–Crippen MR) is 75.4 cm³/mol. The molecular weight excluding hydrogens is 266 g/mol. The van der Waals surface area contributed by atoms with Crippen molar-refractivity contribution >= 4 is 15.9 Å². The van der Waals surface area contributed by atoms with Crippen LogP contribution in [0, 0.1) is 0 Å². The Hall–Kier alpha value is 0.400. The first-order valence-electron chi connectivity index (χ1n) is 6.35. The summed E-state index contributed by atoms with van der Waals surface area (Å²) in [7, 11) is 1.80. The van der Waals surface area contributed by atoms with Crippen molar-refractivity contribution in [2.24, 2.45) is 0 Å². The minimum absolute atomic E-state index is 0.00338. The Morgan fingerprint density at radius 1 is 1.19 bits per heavy atom. The van der Waals surface area contributed by atoms with Gasteiger partial charge >= 0.3 is 0 Å². The van der Waals surface area contributed by atoms with Crippen LogP contribution in [0.15, 0.2) is 0 Å². The van der Waals surface area contributed by atoms with Gasteiger partial charge in [0.1, 0.15) is 0 Å². The molecule has 2 nitrogen and oxygen atoms in total. The highest BCUT2D eigenvalue weighted by Crippen LogP contribution is 2.17. The SMILES string of the molecule is CCC(CC)N(CCBr)CCC(C)(C)OC. The van der Waals surface area contributed by atoms with Crippen molar-refractivity contribution in [2.75, 3.05) is 25.5 Å². The van der Waals surface area contributed by atoms with Crippen molar-refractivity contribution in [3.63, 3.8) is 0 Å². The highest BCUT2D eigenvalue weighted by atomic mass is 79.9. The van der Waals surface area contributed by atoms with Crippen molar-refractivity contribution in [2.45, 2.75) is 58.6 Å². The van der Waals surface area contributed by atoms with E-state index >= 15 is 0 Å². The maximum atomic E-state index is 5.47. The molecule has 0 spiro atoms. The van der Waals surface area contributed by atoms with Gasteiger partial charge in [0.25, 0.3) is 0 Å². The molecule has 0 fully saturated rings. The largest absolute Gasteiger partial charge is 0.379 e. The Kier molecular flexibility index (Phi) is 8.70. The van der Waals surface area contributed by atoms with Crippen LogP contribution < -0.4 is 0 Å². The molecule has 0 bridgehead atoms. The molecule has 0 aromatic heterocycles. The van der Waals surface area contributed by atoms with E-state index in [1.165, 1.54) is 12.8 Å². The number of rotatable bonds is 9. The number of hydrogen-bond acceptors (Lipinski definition) is 2. The molecule has 0 aliphatic carbocycles. The van der Waals surface area contributed by atoms with E-state index in [0.29, 0.717) is 6.04 Å². The maximum absolute atomic E-state index is 5.47. The lowest BCUT2D eigenvalue weighted by Gasteiger charge is -2.33. The normalized spacial score (nSPS) is 12.8. The summed E-state index contributed by atoms with van der Waals surface area (Å²) in [6.07, 6.45) is 3.56. The molecule has 0 saturated heterocycles. The van der Waals surface area contributed by atoms with E-state index in [1.807, 2.05) is 0 Å². The third-order valence-corrected chi connectivity index (χ3v) is 3.74. The van der Waals surface area contributed by atoms with Crippen molar-refractivity contribution < 1.29 is 4.74 Å². The zero-order chi connectivity index (χ0) is 12.6. The second kappa shape index (κ2) is 8.48. The van der Waals surface area contributed by atoms with Crippen molar-refractivity contribution in [1.29, 1.82) is 0 Å². The molecule has 0 heterocycles. The Bertz CT molecular complexity index is 169. The van der Waals surface area contributed by atoms with Gasteiger partial charge in [0.15, 0.2) is 0 Å². The number of hydrogen-bond donors (Lipinski definition) is 0. The van der Waals surface area contributed by atoms with E-state index in [9.17, 15) is 0 Å². The average Bonchev–Trinajstić information content (AvgIpc) is 2.27. The summed E-state index contributed by atoms with van der Waals surface area (Å²) >= 11 is 3.54. The van der Waals surface area contributed by atoms with Gasteiger partial charge in [0.2, 0.25) is 0 Å². The highest BCUT2D eigenvalue weighted by Gasteiger charge is 2.20. The monoisotopic (exact) mass is 293 g/mol. The van der Waals surface area contributed by atoms with Gasteiger partial charge < -0.3 is 4.74 Å². The van der Waals surface area contributed by atoms with E-state index < -0.39 is 0 Å². The predicted octanol–water partition coefficient (Wildman–Crippen LogP) is 3.69. The molecule has 16 heavy (non-hydrogen) atoms. The number of methoxy groups -OCH3 is 1. The number of nitrogens with zero attached hydrogens (tertiary/aromatic N) is 1. The molecule has 0 rings (SSSR count). The first-order chi connectivity index (χ1) is 7.50. The van der Waals surface area contributed by atoms with Crippen LogP contribution in [0.25, 0.3) is 0 Å². The van der Waals surface area contributed by atoms with Crippen LogP contribution in [-0.4, -0.2) is 42.1 Å². The first kappa shape index (κ1) is 16.4. The maximum Gasteiger partial charge on any atom is 0.0634 e. The third-order valence-electron chi connectivity index (χ3n) is 3.38. The molecule has 0 amide bonds. The Labute approximate surface area is 110 Å². The zero-order valence-corrected chi connectivity index (χ0v) is 13.1. The smallest absolute Gasteiger partial charge is 0.0634 e. The van der Waals surface area contributed by atoms with Gasteiger partial charge in [-0.15, -0.1) is 0 Å². The number of alkyl halides is 1. The number of ether oxygens (including phenoxy) is 1. The van der Waals surface area contributed by atoms with Crippen molar-refractivity contribution in [3.05, 3.63) is 0 Å². The highest BCUT2D eigenvalue weighted by molar-refractivity contribution is 9.09. The summed E-state index contributed by atoms with van der Waals surface area (Å²) in [4.78, 5) is 2.58. The molecule has 3 heteroatoms. The van der Waals surface area contributed by atoms with Gasteiger partial charge in [-0.2, -0.15) is 0 Å². The van der Waals surface area contributed by atoms with Crippen LogP contribution in [0.3, 0.4) is 0 Å². The van der Waals surface area contributed by atoms with Crippen LogP contribution in [0.4, 0.5) is 0 Å². The molecule has 0 radical (unpaired) electrons. The molecule has 0 saturated carbocycles. The van der Waals surface area contributed by atoms with Gasteiger partial charge in [-0.1, -0.05) is 29.8 Å². The van der Waals surface area contributed by atoms with Gasteiger partial charge in [0.05, 0.1) is 5.60 Å².